The molecular weight excluding hydrogens is 212 g/mol. The van der Waals surface area contributed by atoms with Crippen molar-refractivity contribution in [2.45, 2.75) is 64.1 Å². The van der Waals surface area contributed by atoms with Gasteiger partial charge in [-0.3, -0.25) is 0 Å². The highest BCUT2D eigenvalue weighted by Crippen LogP contribution is 2.17. The molecule has 1 saturated heterocycles. The number of methoxy groups -OCH3 is 1. The molecule has 3 heteroatoms. The minimum absolute atomic E-state index is 0.0229. The van der Waals surface area contributed by atoms with Gasteiger partial charge in [0, 0.05) is 25.7 Å². The maximum atomic E-state index is 5.47. The Morgan fingerprint density at radius 2 is 2.12 bits per heavy atom. The third kappa shape index (κ3) is 5.36. The van der Waals surface area contributed by atoms with E-state index in [0.29, 0.717) is 6.04 Å². The molecule has 0 aromatic rings. The van der Waals surface area contributed by atoms with Gasteiger partial charge in [-0.05, 0) is 53.6 Å². The number of rotatable bonds is 6. The smallest absolute Gasteiger partial charge is 0.0637 e. The fraction of sp³-hybridized carbons (Fsp3) is 1.00. The Bertz CT molecular complexity index is 218. The number of piperidine rings is 1. The van der Waals surface area contributed by atoms with Crippen LogP contribution in [-0.2, 0) is 4.74 Å². The second-order valence-corrected chi connectivity index (χ2v) is 6.11. The molecule has 0 aromatic heterocycles. The highest BCUT2D eigenvalue weighted by atomic mass is 16.5. The Hall–Kier alpha value is -0.120. The maximum absolute atomic E-state index is 5.47. The van der Waals surface area contributed by atoms with Crippen molar-refractivity contribution in [2.24, 2.45) is 0 Å². The van der Waals surface area contributed by atoms with Gasteiger partial charge in [0.2, 0.25) is 0 Å². The van der Waals surface area contributed by atoms with E-state index in [1.807, 2.05) is 0 Å². The normalized spacial score (nSPS) is 24.9. The summed E-state index contributed by atoms with van der Waals surface area (Å²) in [6, 6.07) is 1.23. The highest BCUT2D eigenvalue weighted by molar-refractivity contribution is 4.80. The first kappa shape index (κ1) is 14.9. The Labute approximate surface area is 107 Å². The molecule has 2 atom stereocenters. The van der Waals surface area contributed by atoms with Crippen LogP contribution in [0.4, 0.5) is 0 Å². The number of ether oxygens (including phenoxy) is 1. The summed E-state index contributed by atoms with van der Waals surface area (Å²) < 4.78 is 5.47. The van der Waals surface area contributed by atoms with Crippen molar-refractivity contribution < 1.29 is 4.74 Å². The molecule has 0 saturated carbocycles. The predicted octanol–water partition coefficient (Wildman–Crippen LogP) is 2.26. The van der Waals surface area contributed by atoms with Crippen LogP contribution in [0.5, 0.6) is 0 Å². The summed E-state index contributed by atoms with van der Waals surface area (Å²) in [6.07, 6.45) is 5.14. The number of hydrogen-bond acceptors (Lipinski definition) is 3. The standard InChI is InChI=1S/C14H30N2O/c1-12(10-14(2,3)17-5)15-11-13-8-6-7-9-16(13)4/h12-13,15H,6-11H2,1-5H3. The molecule has 2 unspecified atom stereocenters. The highest BCUT2D eigenvalue weighted by Gasteiger charge is 2.22. The minimum Gasteiger partial charge on any atom is -0.379 e. The molecule has 0 spiro atoms. The summed E-state index contributed by atoms with van der Waals surface area (Å²) >= 11 is 0. The molecule has 3 nitrogen and oxygen atoms in total. The van der Waals surface area contributed by atoms with Crippen LogP contribution in [-0.4, -0.2) is 49.8 Å². The van der Waals surface area contributed by atoms with E-state index in [9.17, 15) is 0 Å². The molecule has 1 N–H and O–H groups in total. The van der Waals surface area contributed by atoms with E-state index in [0.717, 1.165) is 19.0 Å². The quantitative estimate of drug-likeness (QED) is 0.773. The van der Waals surface area contributed by atoms with Crippen molar-refractivity contribution >= 4 is 0 Å². The summed E-state index contributed by atoms with van der Waals surface area (Å²) in [5.74, 6) is 0. The van der Waals surface area contributed by atoms with E-state index in [1.165, 1.54) is 25.8 Å². The van der Waals surface area contributed by atoms with Crippen LogP contribution in [0.25, 0.3) is 0 Å². The number of nitrogens with one attached hydrogen (secondary N) is 1. The van der Waals surface area contributed by atoms with Crippen molar-refractivity contribution in [3.05, 3.63) is 0 Å². The molecule has 0 bridgehead atoms. The van der Waals surface area contributed by atoms with Gasteiger partial charge in [0.05, 0.1) is 5.60 Å². The lowest BCUT2D eigenvalue weighted by atomic mass is 9.98. The molecule has 0 radical (unpaired) electrons. The van der Waals surface area contributed by atoms with Crippen LogP contribution in [0.3, 0.4) is 0 Å². The Morgan fingerprint density at radius 1 is 1.41 bits per heavy atom. The van der Waals surface area contributed by atoms with Gasteiger partial charge in [-0.1, -0.05) is 6.42 Å². The van der Waals surface area contributed by atoms with Gasteiger partial charge >= 0.3 is 0 Å². The average Bonchev–Trinajstić information content (AvgIpc) is 2.27. The Morgan fingerprint density at radius 3 is 2.71 bits per heavy atom. The molecule has 0 aromatic carbocycles. The number of likely N-dealkylation sites (N-methyl/N-ethyl adjacent to an activating group) is 1. The van der Waals surface area contributed by atoms with E-state index in [1.54, 1.807) is 7.11 Å². The van der Waals surface area contributed by atoms with Crippen molar-refractivity contribution in [1.29, 1.82) is 0 Å². The fourth-order valence-corrected chi connectivity index (χ4v) is 2.63. The van der Waals surface area contributed by atoms with Crippen molar-refractivity contribution in [1.82, 2.24) is 10.2 Å². The van der Waals surface area contributed by atoms with Gasteiger partial charge < -0.3 is 15.0 Å². The first-order valence-corrected chi connectivity index (χ1v) is 6.93. The summed E-state index contributed by atoms with van der Waals surface area (Å²) in [5, 5.41) is 3.65. The molecule has 17 heavy (non-hydrogen) atoms. The van der Waals surface area contributed by atoms with Gasteiger partial charge in [-0.15, -0.1) is 0 Å². The summed E-state index contributed by atoms with van der Waals surface area (Å²) in [6.45, 7) is 8.92. The second kappa shape index (κ2) is 6.72. The van der Waals surface area contributed by atoms with Crippen LogP contribution in [0.15, 0.2) is 0 Å². The Kier molecular flexibility index (Phi) is 5.90. The lowest BCUT2D eigenvalue weighted by Crippen LogP contribution is -2.46. The number of nitrogens with zero attached hydrogens (tertiary/aromatic N) is 1. The van der Waals surface area contributed by atoms with E-state index in [4.69, 9.17) is 4.74 Å². The van der Waals surface area contributed by atoms with Crippen LogP contribution in [0.1, 0.15) is 46.5 Å². The molecule has 1 heterocycles. The summed E-state index contributed by atoms with van der Waals surface area (Å²) in [5.41, 5.74) is -0.0229. The largest absolute Gasteiger partial charge is 0.379 e. The summed E-state index contributed by atoms with van der Waals surface area (Å²) in [7, 11) is 4.04. The zero-order valence-electron chi connectivity index (χ0n) is 12.3. The Balaban J connectivity index is 2.25. The minimum atomic E-state index is -0.0229. The molecule has 0 aliphatic carbocycles. The maximum Gasteiger partial charge on any atom is 0.0637 e. The summed E-state index contributed by atoms with van der Waals surface area (Å²) in [4.78, 5) is 2.49. The molecular formula is C14H30N2O. The van der Waals surface area contributed by atoms with Crippen molar-refractivity contribution in [3.63, 3.8) is 0 Å². The van der Waals surface area contributed by atoms with Gasteiger partial charge in [0.15, 0.2) is 0 Å². The third-order valence-electron chi connectivity index (χ3n) is 3.97. The predicted molar refractivity (Wildman–Crippen MR) is 73.4 cm³/mol. The van der Waals surface area contributed by atoms with Crippen molar-refractivity contribution in [3.8, 4) is 0 Å². The monoisotopic (exact) mass is 242 g/mol. The van der Waals surface area contributed by atoms with Gasteiger partial charge in [0.25, 0.3) is 0 Å². The fourth-order valence-electron chi connectivity index (χ4n) is 2.63. The topological polar surface area (TPSA) is 24.5 Å². The number of likely N-dealkylation sites (tertiary alicyclic amines) is 1. The van der Waals surface area contributed by atoms with Gasteiger partial charge in [0.1, 0.15) is 0 Å². The molecule has 1 rings (SSSR count). The van der Waals surface area contributed by atoms with Crippen LogP contribution in [0, 0.1) is 0 Å². The lowest BCUT2D eigenvalue weighted by Gasteiger charge is -2.34. The SMILES string of the molecule is COC(C)(C)CC(C)NCC1CCCCN1C. The third-order valence-corrected chi connectivity index (χ3v) is 3.97. The molecule has 102 valence electrons. The molecule has 0 amide bonds. The first-order valence-electron chi connectivity index (χ1n) is 6.93. The molecule has 1 aliphatic heterocycles. The van der Waals surface area contributed by atoms with E-state index >= 15 is 0 Å². The van der Waals surface area contributed by atoms with E-state index in [2.05, 4.69) is 38.0 Å². The lowest BCUT2D eigenvalue weighted by molar-refractivity contribution is 0.00790. The first-order chi connectivity index (χ1) is 7.94. The molecule has 1 aliphatic rings. The number of hydrogen-bond donors (Lipinski definition) is 1. The molecule has 1 fully saturated rings. The average molecular weight is 242 g/mol. The van der Waals surface area contributed by atoms with Crippen molar-refractivity contribution in [2.75, 3.05) is 27.2 Å². The zero-order chi connectivity index (χ0) is 12.9. The van der Waals surface area contributed by atoms with E-state index in [-0.39, 0.29) is 5.60 Å². The van der Waals surface area contributed by atoms with Crippen LogP contribution >= 0.6 is 0 Å². The zero-order valence-corrected chi connectivity index (χ0v) is 12.3. The van der Waals surface area contributed by atoms with Crippen LogP contribution < -0.4 is 5.32 Å². The second-order valence-electron chi connectivity index (χ2n) is 6.11. The van der Waals surface area contributed by atoms with Gasteiger partial charge in [-0.25, -0.2) is 0 Å². The van der Waals surface area contributed by atoms with E-state index < -0.39 is 0 Å². The van der Waals surface area contributed by atoms with Gasteiger partial charge in [-0.2, -0.15) is 0 Å². The van der Waals surface area contributed by atoms with Crippen LogP contribution in [0.2, 0.25) is 0 Å².